The molecule has 118 valence electrons. The molecule has 1 atom stereocenters. The van der Waals surface area contributed by atoms with E-state index in [4.69, 9.17) is 10.5 Å². The first-order valence-electron chi connectivity index (χ1n) is 7.34. The van der Waals surface area contributed by atoms with Crippen LogP contribution >= 0.6 is 0 Å². The highest BCUT2D eigenvalue weighted by atomic mass is 19.1. The van der Waals surface area contributed by atoms with E-state index in [9.17, 15) is 13.6 Å². The van der Waals surface area contributed by atoms with E-state index in [1.54, 1.807) is 6.92 Å². The summed E-state index contributed by atoms with van der Waals surface area (Å²) in [6, 6.07) is 3.11. The van der Waals surface area contributed by atoms with E-state index in [-0.39, 0.29) is 18.7 Å². The van der Waals surface area contributed by atoms with Crippen molar-refractivity contribution in [2.24, 2.45) is 5.73 Å². The maximum absolute atomic E-state index is 13.5. The van der Waals surface area contributed by atoms with E-state index >= 15 is 0 Å². The van der Waals surface area contributed by atoms with Crippen LogP contribution in [0.4, 0.5) is 8.78 Å². The predicted molar refractivity (Wildman–Crippen MR) is 77.9 cm³/mol. The smallest absolute Gasteiger partial charge is 0.317 e. The van der Waals surface area contributed by atoms with E-state index < -0.39 is 23.0 Å². The average Bonchev–Trinajstić information content (AvgIpc) is 2.43. The Balaban J connectivity index is 3.22. The van der Waals surface area contributed by atoms with Crippen molar-refractivity contribution in [3.05, 3.63) is 35.4 Å². The van der Waals surface area contributed by atoms with Gasteiger partial charge in [-0.3, -0.25) is 4.79 Å². The van der Waals surface area contributed by atoms with Gasteiger partial charge in [-0.1, -0.05) is 26.2 Å². The Morgan fingerprint density at radius 1 is 1.19 bits per heavy atom. The van der Waals surface area contributed by atoms with Gasteiger partial charge in [0.05, 0.1) is 6.61 Å². The number of ether oxygens (including phenoxy) is 1. The monoisotopic (exact) mass is 299 g/mol. The van der Waals surface area contributed by atoms with Gasteiger partial charge in [-0.05, 0) is 31.0 Å². The third kappa shape index (κ3) is 4.24. The van der Waals surface area contributed by atoms with Gasteiger partial charge in [-0.25, -0.2) is 8.78 Å². The predicted octanol–water partition coefficient (Wildman–Crippen LogP) is 3.30. The molecule has 0 heterocycles. The highest BCUT2D eigenvalue weighted by molar-refractivity contribution is 5.83. The average molecular weight is 299 g/mol. The zero-order valence-electron chi connectivity index (χ0n) is 12.6. The number of rotatable bonds is 8. The molecule has 3 nitrogen and oxygen atoms in total. The molecule has 0 aliphatic heterocycles. The topological polar surface area (TPSA) is 52.3 Å². The number of nitrogens with two attached hydrogens (primary N) is 1. The minimum absolute atomic E-state index is 0.0432. The van der Waals surface area contributed by atoms with Crippen molar-refractivity contribution >= 4 is 5.97 Å². The number of halogens is 2. The first kappa shape index (κ1) is 17.6. The molecule has 0 saturated heterocycles. The summed E-state index contributed by atoms with van der Waals surface area (Å²) >= 11 is 0. The third-order valence-corrected chi connectivity index (χ3v) is 3.64. The SMILES string of the molecule is CCCCCC(CN)(C(=O)OCC)c1cc(F)cc(F)c1. The van der Waals surface area contributed by atoms with Crippen LogP contribution in [0.2, 0.25) is 0 Å². The van der Waals surface area contributed by atoms with Crippen LogP contribution in [0, 0.1) is 11.6 Å². The summed E-state index contributed by atoms with van der Waals surface area (Å²) in [6.07, 6.45) is 3.05. The fourth-order valence-electron chi connectivity index (χ4n) is 2.44. The van der Waals surface area contributed by atoms with Gasteiger partial charge in [0.2, 0.25) is 0 Å². The van der Waals surface area contributed by atoms with Gasteiger partial charge in [0, 0.05) is 12.6 Å². The van der Waals surface area contributed by atoms with Gasteiger partial charge in [0.1, 0.15) is 17.0 Å². The summed E-state index contributed by atoms with van der Waals surface area (Å²) in [5.41, 5.74) is 4.87. The molecule has 21 heavy (non-hydrogen) atoms. The molecule has 1 unspecified atom stereocenters. The molecule has 0 saturated carbocycles. The minimum atomic E-state index is -1.19. The van der Waals surface area contributed by atoms with Crippen LogP contribution in [-0.2, 0) is 14.9 Å². The first-order valence-corrected chi connectivity index (χ1v) is 7.34. The van der Waals surface area contributed by atoms with Gasteiger partial charge < -0.3 is 10.5 Å². The molecule has 0 aromatic heterocycles. The van der Waals surface area contributed by atoms with E-state index in [0.717, 1.165) is 25.3 Å². The summed E-state index contributed by atoms with van der Waals surface area (Å²) in [4.78, 5) is 12.4. The summed E-state index contributed by atoms with van der Waals surface area (Å²) in [5, 5.41) is 0. The van der Waals surface area contributed by atoms with E-state index in [1.165, 1.54) is 12.1 Å². The van der Waals surface area contributed by atoms with Crippen molar-refractivity contribution in [3.8, 4) is 0 Å². The fraction of sp³-hybridized carbons (Fsp3) is 0.562. The Kier molecular flexibility index (Phi) is 6.75. The molecular weight excluding hydrogens is 276 g/mol. The Bertz CT molecular complexity index is 459. The molecule has 1 aromatic rings. The maximum atomic E-state index is 13.5. The van der Waals surface area contributed by atoms with E-state index in [1.807, 2.05) is 6.92 Å². The molecular formula is C16H23F2NO2. The number of benzene rings is 1. The Hall–Kier alpha value is -1.49. The van der Waals surface area contributed by atoms with Crippen molar-refractivity contribution in [3.63, 3.8) is 0 Å². The quantitative estimate of drug-likeness (QED) is 0.592. The Morgan fingerprint density at radius 2 is 1.81 bits per heavy atom. The molecule has 1 aromatic carbocycles. The summed E-state index contributed by atoms with van der Waals surface area (Å²) in [6.45, 7) is 3.89. The lowest BCUT2D eigenvalue weighted by atomic mass is 9.76. The normalized spacial score (nSPS) is 13.8. The van der Waals surface area contributed by atoms with Crippen molar-refractivity contribution in [2.75, 3.05) is 13.2 Å². The molecule has 0 fully saturated rings. The standard InChI is InChI=1S/C16H23F2NO2/c1-3-5-6-7-16(11-19,15(20)21-4-2)12-8-13(17)10-14(18)9-12/h8-10H,3-7,11,19H2,1-2H3. The lowest BCUT2D eigenvalue weighted by Crippen LogP contribution is -2.44. The first-order chi connectivity index (χ1) is 10.00. The van der Waals surface area contributed by atoms with Gasteiger partial charge in [-0.15, -0.1) is 0 Å². The minimum Gasteiger partial charge on any atom is -0.465 e. The zero-order valence-corrected chi connectivity index (χ0v) is 12.6. The highest BCUT2D eigenvalue weighted by Gasteiger charge is 2.40. The van der Waals surface area contributed by atoms with E-state index in [2.05, 4.69) is 0 Å². The highest BCUT2D eigenvalue weighted by Crippen LogP contribution is 2.32. The molecule has 1 rings (SSSR count). The molecule has 0 amide bonds. The maximum Gasteiger partial charge on any atom is 0.317 e. The Labute approximate surface area is 124 Å². The number of esters is 1. The number of carbonyl (C=O) groups excluding carboxylic acids is 1. The van der Waals surface area contributed by atoms with Crippen molar-refractivity contribution in [1.82, 2.24) is 0 Å². The van der Waals surface area contributed by atoms with Crippen molar-refractivity contribution < 1.29 is 18.3 Å². The zero-order chi connectivity index (χ0) is 15.9. The molecule has 2 N–H and O–H groups in total. The van der Waals surface area contributed by atoms with Gasteiger partial charge >= 0.3 is 5.97 Å². The molecule has 0 aliphatic carbocycles. The summed E-state index contributed by atoms with van der Waals surface area (Å²) < 4.78 is 32.1. The van der Waals surface area contributed by atoms with Crippen LogP contribution in [0.15, 0.2) is 18.2 Å². The van der Waals surface area contributed by atoms with Crippen LogP contribution < -0.4 is 5.73 Å². The van der Waals surface area contributed by atoms with Crippen LogP contribution in [0.3, 0.4) is 0 Å². The summed E-state index contributed by atoms with van der Waals surface area (Å²) in [5.74, 6) is -1.96. The number of hydrogen-bond donors (Lipinski definition) is 1. The fourth-order valence-corrected chi connectivity index (χ4v) is 2.44. The molecule has 0 spiro atoms. The van der Waals surface area contributed by atoms with E-state index in [0.29, 0.717) is 6.42 Å². The second kappa shape index (κ2) is 8.08. The van der Waals surface area contributed by atoms with Crippen LogP contribution in [0.25, 0.3) is 0 Å². The van der Waals surface area contributed by atoms with Crippen LogP contribution in [0.5, 0.6) is 0 Å². The second-order valence-electron chi connectivity index (χ2n) is 5.12. The van der Waals surface area contributed by atoms with Crippen LogP contribution in [0.1, 0.15) is 45.1 Å². The van der Waals surface area contributed by atoms with Crippen LogP contribution in [-0.4, -0.2) is 19.1 Å². The van der Waals surface area contributed by atoms with Crippen molar-refractivity contribution in [2.45, 2.75) is 44.9 Å². The molecule has 0 aliphatic rings. The molecule has 5 heteroatoms. The van der Waals surface area contributed by atoms with Crippen molar-refractivity contribution in [1.29, 1.82) is 0 Å². The number of unbranched alkanes of at least 4 members (excludes halogenated alkanes) is 2. The van der Waals surface area contributed by atoms with Gasteiger partial charge in [0.15, 0.2) is 0 Å². The lowest BCUT2D eigenvalue weighted by molar-refractivity contribution is -0.150. The third-order valence-electron chi connectivity index (χ3n) is 3.64. The molecule has 0 bridgehead atoms. The second-order valence-corrected chi connectivity index (χ2v) is 5.12. The largest absolute Gasteiger partial charge is 0.465 e. The number of hydrogen-bond acceptors (Lipinski definition) is 3. The Morgan fingerprint density at radius 3 is 2.29 bits per heavy atom. The lowest BCUT2D eigenvalue weighted by Gasteiger charge is -2.30. The summed E-state index contributed by atoms with van der Waals surface area (Å²) in [7, 11) is 0. The molecule has 0 radical (unpaired) electrons. The number of carbonyl (C=O) groups is 1. The van der Waals surface area contributed by atoms with Gasteiger partial charge in [0.25, 0.3) is 0 Å². The van der Waals surface area contributed by atoms with Gasteiger partial charge in [-0.2, -0.15) is 0 Å².